The first kappa shape index (κ1) is 14.7. The van der Waals surface area contributed by atoms with E-state index in [0.717, 1.165) is 31.0 Å². The average molecular weight is 301 g/mol. The van der Waals surface area contributed by atoms with Crippen LogP contribution in [-0.2, 0) is 0 Å². The Morgan fingerprint density at radius 3 is 2.70 bits per heavy atom. The molecule has 0 bridgehead atoms. The van der Waals surface area contributed by atoms with Crippen LogP contribution >= 0.6 is 11.6 Å². The van der Waals surface area contributed by atoms with Gasteiger partial charge in [-0.15, -0.1) is 11.6 Å². The summed E-state index contributed by atoms with van der Waals surface area (Å²) in [6, 6.07) is 2.89. The van der Waals surface area contributed by atoms with Gasteiger partial charge < -0.3 is 4.90 Å². The zero-order valence-electron chi connectivity index (χ0n) is 10.9. The molecule has 20 heavy (non-hydrogen) atoms. The second kappa shape index (κ2) is 5.75. The number of amides is 1. The molecule has 1 amide bonds. The smallest absolute Gasteiger partial charge is 0.273 e. The third-order valence-electron chi connectivity index (χ3n) is 3.40. The van der Waals surface area contributed by atoms with Gasteiger partial charge >= 0.3 is 0 Å². The molecule has 0 aromatic heterocycles. The topological polar surface area (TPSA) is 63.5 Å². The van der Waals surface area contributed by atoms with E-state index < -0.39 is 22.3 Å². The number of hydrogen-bond acceptors (Lipinski definition) is 3. The lowest BCUT2D eigenvalue weighted by atomic mass is 9.84. The summed E-state index contributed by atoms with van der Waals surface area (Å²) in [5.41, 5.74) is -0.438. The van der Waals surface area contributed by atoms with E-state index in [1.807, 2.05) is 0 Å². The second-order valence-corrected chi connectivity index (χ2v) is 5.69. The standard InChI is InChI=1S/C13H14ClFN2O3/c1-16(7-8-2-10(14)3-8)13(18)9-4-11(15)6-12(5-9)17(19)20/h4-6,8,10H,2-3,7H2,1H3. The predicted molar refractivity (Wildman–Crippen MR) is 72.4 cm³/mol. The molecule has 2 rings (SSSR count). The third kappa shape index (κ3) is 3.25. The van der Waals surface area contributed by atoms with E-state index in [9.17, 15) is 19.3 Å². The molecule has 0 aliphatic heterocycles. The minimum atomic E-state index is -0.791. The Balaban J connectivity index is 2.09. The number of rotatable bonds is 4. The molecule has 7 heteroatoms. The quantitative estimate of drug-likeness (QED) is 0.488. The number of nitro benzene ring substituents is 1. The maximum atomic E-state index is 13.3. The summed E-state index contributed by atoms with van der Waals surface area (Å²) in [4.78, 5) is 23.5. The average Bonchev–Trinajstić information content (AvgIpc) is 2.35. The number of alkyl halides is 1. The van der Waals surface area contributed by atoms with Gasteiger partial charge in [-0.1, -0.05) is 0 Å². The zero-order chi connectivity index (χ0) is 14.9. The van der Waals surface area contributed by atoms with Crippen LogP contribution < -0.4 is 0 Å². The fraction of sp³-hybridized carbons (Fsp3) is 0.462. The molecule has 0 saturated heterocycles. The summed E-state index contributed by atoms with van der Waals surface area (Å²) in [5, 5.41) is 10.8. The first-order valence-electron chi connectivity index (χ1n) is 6.21. The van der Waals surface area contributed by atoms with E-state index in [1.54, 1.807) is 7.05 Å². The first-order chi connectivity index (χ1) is 9.36. The highest BCUT2D eigenvalue weighted by atomic mass is 35.5. The minimum absolute atomic E-state index is 0.0130. The lowest BCUT2D eigenvalue weighted by molar-refractivity contribution is -0.385. The van der Waals surface area contributed by atoms with Crippen molar-refractivity contribution in [1.29, 1.82) is 0 Å². The highest BCUT2D eigenvalue weighted by molar-refractivity contribution is 6.21. The summed E-state index contributed by atoms with van der Waals surface area (Å²) in [6.45, 7) is 0.520. The minimum Gasteiger partial charge on any atom is -0.341 e. The molecule has 0 heterocycles. The van der Waals surface area contributed by atoms with Crippen molar-refractivity contribution in [3.8, 4) is 0 Å². The molecule has 1 aliphatic carbocycles. The number of non-ortho nitro benzene ring substituents is 1. The molecule has 0 radical (unpaired) electrons. The molecular weight excluding hydrogens is 287 g/mol. The van der Waals surface area contributed by atoms with Crippen LogP contribution in [0, 0.1) is 21.8 Å². The van der Waals surface area contributed by atoms with Gasteiger partial charge in [0.25, 0.3) is 11.6 Å². The van der Waals surface area contributed by atoms with Crippen LogP contribution in [0.2, 0.25) is 0 Å². The number of benzene rings is 1. The molecule has 0 atom stereocenters. The Morgan fingerprint density at radius 2 is 2.15 bits per heavy atom. The lowest BCUT2D eigenvalue weighted by Gasteiger charge is -2.34. The van der Waals surface area contributed by atoms with Gasteiger partial charge in [0, 0.05) is 30.6 Å². The van der Waals surface area contributed by atoms with Crippen molar-refractivity contribution in [3.05, 3.63) is 39.7 Å². The fourth-order valence-electron chi connectivity index (χ4n) is 2.30. The van der Waals surface area contributed by atoms with Crippen LogP contribution in [0.25, 0.3) is 0 Å². The Morgan fingerprint density at radius 1 is 1.50 bits per heavy atom. The van der Waals surface area contributed by atoms with Crippen LogP contribution in [0.5, 0.6) is 0 Å². The molecule has 1 aliphatic rings. The number of carbonyl (C=O) groups excluding carboxylic acids is 1. The number of nitro groups is 1. The van der Waals surface area contributed by atoms with Crippen molar-refractivity contribution in [2.75, 3.05) is 13.6 Å². The van der Waals surface area contributed by atoms with Crippen molar-refractivity contribution in [2.45, 2.75) is 18.2 Å². The van der Waals surface area contributed by atoms with E-state index in [2.05, 4.69) is 0 Å². The normalized spacial score (nSPS) is 21.1. The lowest BCUT2D eigenvalue weighted by Crippen LogP contribution is -2.37. The van der Waals surface area contributed by atoms with Crippen molar-refractivity contribution in [2.24, 2.45) is 5.92 Å². The Bertz CT molecular complexity index is 546. The Kier molecular flexibility index (Phi) is 4.23. The van der Waals surface area contributed by atoms with Crippen LogP contribution in [0.3, 0.4) is 0 Å². The van der Waals surface area contributed by atoms with Gasteiger partial charge in [-0.3, -0.25) is 14.9 Å². The highest BCUT2D eigenvalue weighted by Crippen LogP contribution is 2.32. The molecule has 108 valence electrons. The summed E-state index contributed by atoms with van der Waals surface area (Å²) in [7, 11) is 1.60. The molecular formula is C13H14ClFN2O3. The van der Waals surface area contributed by atoms with Crippen LogP contribution in [-0.4, -0.2) is 34.7 Å². The van der Waals surface area contributed by atoms with Crippen molar-refractivity contribution >= 4 is 23.2 Å². The molecule has 1 saturated carbocycles. The fourth-order valence-corrected chi connectivity index (χ4v) is 2.80. The molecule has 1 fully saturated rings. The van der Waals surface area contributed by atoms with Gasteiger partial charge in [0.2, 0.25) is 0 Å². The second-order valence-electron chi connectivity index (χ2n) is 5.08. The van der Waals surface area contributed by atoms with Crippen molar-refractivity contribution in [3.63, 3.8) is 0 Å². The molecule has 5 nitrogen and oxygen atoms in total. The van der Waals surface area contributed by atoms with Gasteiger partial charge in [-0.2, -0.15) is 0 Å². The largest absolute Gasteiger partial charge is 0.341 e. The Hall–Kier alpha value is -1.69. The molecule has 1 aromatic rings. The van der Waals surface area contributed by atoms with E-state index in [1.165, 1.54) is 4.90 Å². The SMILES string of the molecule is CN(CC1CC(Cl)C1)C(=O)c1cc(F)cc([N+](=O)[O-])c1. The molecule has 0 unspecified atom stereocenters. The van der Waals surface area contributed by atoms with E-state index >= 15 is 0 Å². The van der Waals surface area contributed by atoms with E-state index in [0.29, 0.717) is 12.5 Å². The molecule has 1 aromatic carbocycles. The van der Waals surface area contributed by atoms with Gasteiger partial charge in [0.05, 0.1) is 11.0 Å². The van der Waals surface area contributed by atoms with Crippen LogP contribution in [0.4, 0.5) is 10.1 Å². The summed E-state index contributed by atoms with van der Waals surface area (Å²) < 4.78 is 13.3. The first-order valence-corrected chi connectivity index (χ1v) is 6.65. The molecule has 0 spiro atoms. The summed E-state index contributed by atoms with van der Waals surface area (Å²) in [6.07, 6.45) is 1.70. The molecule has 0 N–H and O–H groups in total. The van der Waals surface area contributed by atoms with E-state index in [4.69, 9.17) is 11.6 Å². The van der Waals surface area contributed by atoms with Gasteiger partial charge in [-0.25, -0.2) is 4.39 Å². The maximum Gasteiger partial charge on any atom is 0.273 e. The maximum absolute atomic E-state index is 13.3. The zero-order valence-corrected chi connectivity index (χ0v) is 11.6. The van der Waals surface area contributed by atoms with Gasteiger partial charge in [-0.05, 0) is 24.8 Å². The van der Waals surface area contributed by atoms with E-state index in [-0.39, 0.29) is 10.9 Å². The van der Waals surface area contributed by atoms with Crippen LogP contribution in [0.15, 0.2) is 18.2 Å². The van der Waals surface area contributed by atoms with Crippen molar-refractivity contribution < 1.29 is 14.1 Å². The monoisotopic (exact) mass is 300 g/mol. The number of carbonyl (C=O) groups is 1. The predicted octanol–water partition coefficient (Wildman–Crippen LogP) is 2.82. The summed E-state index contributed by atoms with van der Waals surface area (Å²) in [5.74, 6) is -0.874. The highest BCUT2D eigenvalue weighted by Gasteiger charge is 2.29. The number of nitrogens with zero attached hydrogens (tertiary/aromatic N) is 2. The van der Waals surface area contributed by atoms with Gasteiger partial charge in [0.1, 0.15) is 5.82 Å². The number of halogens is 2. The van der Waals surface area contributed by atoms with Crippen LogP contribution in [0.1, 0.15) is 23.2 Å². The Labute approximate surface area is 120 Å². The summed E-state index contributed by atoms with van der Waals surface area (Å²) >= 11 is 5.87. The third-order valence-corrected chi connectivity index (χ3v) is 3.75. The van der Waals surface area contributed by atoms with Crippen molar-refractivity contribution in [1.82, 2.24) is 4.90 Å². The van der Waals surface area contributed by atoms with Gasteiger partial charge in [0.15, 0.2) is 0 Å². The number of hydrogen-bond donors (Lipinski definition) is 0.